The molecule has 1 aliphatic rings. The third kappa shape index (κ3) is 3.61. The van der Waals surface area contributed by atoms with Crippen molar-refractivity contribution in [1.82, 2.24) is 19.1 Å². The monoisotopic (exact) mass is 376 g/mol. The highest BCUT2D eigenvalue weighted by atomic mass is 35.5. The molecule has 0 saturated heterocycles. The summed E-state index contributed by atoms with van der Waals surface area (Å²) in [7, 11) is 0. The van der Waals surface area contributed by atoms with Crippen LogP contribution in [0.5, 0.6) is 0 Å². The van der Waals surface area contributed by atoms with E-state index in [2.05, 4.69) is 16.9 Å². The summed E-state index contributed by atoms with van der Waals surface area (Å²) in [6.45, 7) is 5.25. The van der Waals surface area contributed by atoms with Crippen molar-refractivity contribution in [3.63, 3.8) is 0 Å². The van der Waals surface area contributed by atoms with Crippen LogP contribution in [0.3, 0.4) is 0 Å². The Morgan fingerprint density at radius 2 is 2.04 bits per heavy atom. The van der Waals surface area contributed by atoms with Gasteiger partial charge in [0.25, 0.3) is 5.56 Å². The molecule has 0 saturated carbocycles. The smallest absolute Gasteiger partial charge is 0.256 e. The number of hydrogen-bond donors (Lipinski definition) is 0. The van der Waals surface area contributed by atoms with Crippen LogP contribution >= 0.6 is 11.6 Å². The van der Waals surface area contributed by atoms with Crippen LogP contribution in [0.2, 0.25) is 5.15 Å². The van der Waals surface area contributed by atoms with Crippen LogP contribution in [-0.4, -0.2) is 25.4 Å². The summed E-state index contributed by atoms with van der Waals surface area (Å²) in [6, 6.07) is 0. The van der Waals surface area contributed by atoms with Gasteiger partial charge in [-0.15, -0.1) is 0 Å². The minimum Gasteiger partial charge on any atom is -0.324 e. The Balaban J connectivity index is 1.90. The van der Waals surface area contributed by atoms with Gasteiger partial charge >= 0.3 is 0 Å². The molecular weight excluding hydrogens is 352 g/mol. The average Bonchev–Trinajstić information content (AvgIpc) is 2.94. The van der Waals surface area contributed by atoms with Crippen LogP contribution in [0, 0.1) is 6.92 Å². The highest BCUT2D eigenvalue weighted by Gasteiger charge is 2.19. The van der Waals surface area contributed by atoms with Gasteiger partial charge in [0.1, 0.15) is 17.3 Å². The van der Waals surface area contributed by atoms with Crippen LogP contribution in [0.1, 0.15) is 66.0 Å². The Kier molecular flexibility index (Phi) is 5.91. The van der Waals surface area contributed by atoms with Crippen molar-refractivity contribution in [2.24, 2.45) is 0 Å². The SMILES string of the molecule is CCCCc1nc(Cl)c(C=O)n1CCc1c(C)nc2n(c1=O)CCCC2. The van der Waals surface area contributed by atoms with Crippen molar-refractivity contribution < 1.29 is 4.79 Å². The van der Waals surface area contributed by atoms with Crippen molar-refractivity contribution in [3.8, 4) is 0 Å². The molecule has 3 heterocycles. The standard InChI is InChI=1S/C19H25ClN4O2/c1-3-4-7-17-22-18(20)15(12-25)23(17)11-9-14-13(2)21-16-8-5-6-10-24(16)19(14)26/h12H,3-11H2,1-2H3. The first kappa shape index (κ1) is 18.8. The number of halogens is 1. The van der Waals surface area contributed by atoms with Crippen LogP contribution in [0.25, 0.3) is 0 Å². The third-order valence-corrected chi connectivity index (χ3v) is 5.35. The third-order valence-electron chi connectivity index (χ3n) is 5.07. The largest absolute Gasteiger partial charge is 0.324 e. The highest BCUT2D eigenvalue weighted by molar-refractivity contribution is 6.31. The van der Waals surface area contributed by atoms with Gasteiger partial charge in [0.2, 0.25) is 0 Å². The minimum atomic E-state index is 0.0566. The minimum absolute atomic E-state index is 0.0566. The summed E-state index contributed by atoms with van der Waals surface area (Å²) < 4.78 is 3.67. The molecule has 0 bridgehead atoms. The van der Waals surface area contributed by atoms with Gasteiger partial charge < -0.3 is 4.57 Å². The van der Waals surface area contributed by atoms with E-state index in [1.807, 2.05) is 16.1 Å². The molecule has 0 aromatic carbocycles. The summed E-state index contributed by atoms with van der Waals surface area (Å²) in [5, 5.41) is 0.239. The van der Waals surface area contributed by atoms with E-state index in [0.29, 0.717) is 18.7 Å². The summed E-state index contributed by atoms with van der Waals surface area (Å²) in [5.74, 6) is 1.70. The van der Waals surface area contributed by atoms with Crippen molar-refractivity contribution in [2.75, 3.05) is 0 Å². The maximum absolute atomic E-state index is 12.9. The van der Waals surface area contributed by atoms with Crippen molar-refractivity contribution in [3.05, 3.63) is 44.1 Å². The van der Waals surface area contributed by atoms with E-state index < -0.39 is 0 Å². The van der Waals surface area contributed by atoms with Crippen molar-refractivity contribution in [1.29, 1.82) is 0 Å². The van der Waals surface area contributed by atoms with E-state index >= 15 is 0 Å². The number of imidazole rings is 1. The Morgan fingerprint density at radius 1 is 1.23 bits per heavy atom. The number of nitrogens with zero attached hydrogens (tertiary/aromatic N) is 4. The number of rotatable bonds is 7. The van der Waals surface area contributed by atoms with Gasteiger partial charge in [-0.25, -0.2) is 9.97 Å². The fourth-order valence-electron chi connectivity index (χ4n) is 3.61. The Bertz CT molecular complexity index is 869. The van der Waals surface area contributed by atoms with E-state index in [4.69, 9.17) is 11.6 Å². The maximum Gasteiger partial charge on any atom is 0.256 e. The van der Waals surface area contributed by atoms with E-state index in [1.54, 1.807) is 0 Å². The van der Waals surface area contributed by atoms with Gasteiger partial charge in [-0.1, -0.05) is 24.9 Å². The van der Waals surface area contributed by atoms with Gasteiger partial charge in [-0.05, 0) is 32.6 Å². The molecule has 2 aromatic rings. The molecular formula is C19H25ClN4O2. The molecule has 0 unspecified atom stereocenters. The molecule has 0 radical (unpaired) electrons. The topological polar surface area (TPSA) is 69.8 Å². The zero-order valence-corrected chi connectivity index (χ0v) is 16.2. The second-order valence-electron chi connectivity index (χ2n) is 6.83. The summed E-state index contributed by atoms with van der Waals surface area (Å²) in [6.07, 6.45) is 7.02. The quantitative estimate of drug-likeness (QED) is 0.696. The Hall–Kier alpha value is -1.95. The average molecular weight is 377 g/mol. The van der Waals surface area contributed by atoms with Crippen LogP contribution in [0.4, 0.5) is 0 Å². The van der Waals surface area contributed by atoms with E-state index in [1.165, 1.54) is 0 Å². The first-order valence-electron chi connectivity index (χ1n) is 9.36. The molecule has 3 rings (SSSR count). The molecule has 0 N–H and O–H groups in total. The molecule has 2 aromatic heterocycles. The Morgan fingerprint density at radius 3 is 2.77 bits per heavy atom. The Labute approximate surface area is 158 Å². The predicted molar refractivity (Wildman–Crippen MR) is 101 cm³/mol. The van der Waals surface area contributed by atoms with Crippen LogP contribution in [-0.2, 0) is 32.4 Å². The van der Waals surface area contributed by atoms with Gasteiger partial charge in [0.05, 0.1) is 0 Å². The maximum atomic E-state index is 12.9. The number of carbonyl (C=O) groups excluding carboxylic acids is 1. The lowest BCUT2D eigenvalue weighted by Gasteiger charge is -2.19. The summed E-state index contributed by atoms with van der Waals surface area (Å²) in [5.41, 5.74) is 1.96. The van der Waals surface area contributed by atoms with Crippen LogP contribution in [0.15, 0.2) is 4.79 Å². The lowest BCUT2D eigenvalue weighted by molar-refractivity contribution is 0.111. The first-order chi connectivity index (χ1) is 12.6. The molecule has 26 heavy (non-hydrogen) atoms. The van der Waals surface area contributed by atoms with Gasteiger partial charge in [-0.3, -0.25) is 14.2 Å². The van der Waals surface area contributed by atoms with Gasteiger partial charge in [-0.2, -0.15) is 0 Å². The molecule has 7 heteroatoms. The second kappa shape index (κ2) is 8.16. The molecule has 0 atom stereocenters. The normalized spacial score (nSPS) is 13.7. The number of fused-ring (bicyclic) bond motifs is 1. The number of hydrogen-bond acceptors (Lipinski definition) is 4. The predicted octanol–water partition coefficient (Wildman–Crippen LogP) is 3.14. The zero-order chi connectivity index (χ0) is 18.7. The number of carbonyl (C=O) groups is 1. The number of aldehydes is 1. The van der Waals surface area contributed by atoms with E-state index in [9.17, 15) is 9.59 Å². The molecule has 140 valence electrons. The fraction of sp³-hybridized carbons (Fsp3) is 0.579. The molecule has 0 spiro atoms. The fourth-order valence-corrected chi connectivity index (χ4v) is 3.86. The molecule has 0 amide bonds. The van der Waals surface area contributed by atoms with Gasteiger partial charge in [0.15, 0.2) is 11.4 Å². The van der Waals surface area contributed by atoms with E-state index in [-0.39, 0.29) is 10.7 Å². The van der Waals surface area contributed by atoms with Gasteiger partial charge in [0, 0.05) is 37.2 Å². The lowest BCUT2D eigenvalue weighted by atomic mass is 10.1. The summed E-state index contributed by atoms with van der Waals surface area (Å²) >= 11 is 6.13. The molecule has 6 nitrogen and oxygen atoms in total. The second-order valence-corrected chi connectivity index (χ2v) is 7.19. The number of unbranched alkanes of at least 4 members (excludes halogenated alkanes) is 1. The number of aromatic nitrogens is 4. The summed E-state index contributed by atoms with van der Waals surface area (Å²) in [4.78, 5) is 33.3. The molecule has 0 fully saturated rings. The zero-order valence-electron chi connectivity index (χ0n) is 15.4. The van der Waals surface area contributed by atoms with Crippen molar-refractivity contribution in [2.45, 2.75) is 71.9 Å². The molecule has 0 aliphatic carbocycles. The highest BCUT2D eigenvalue weighted by Crippen LogP contribution is 2.19. The lowest BCUT2D eigenvalue weighted by Crippen LogP contribution is -2.32. The van der Waals surface area contributed by atoms with E-state index in [0.717, 1.165) is 74.3 Å². The number of aryl methyl sites for hydroxylation is 3. The van der Waals surface area contributed by atoms with Crippen LogP contribution < -0.4 is 5.56 Å². The molecule has 1 aliphatic heterocycles. The first-order valence-corrected chi connectivity index (χ1v) is 9.73. The van der Waals surface area contributed by atoms with Crippen molar-refractivity contribution >= 4 is 17.9 Å².